The molecule has 3 rings (SSSR count). The van der Waals surface area contributed by atoms with Crippen LogP contribution < -0.4 is 37.7 Å². The van der Waals surface area contributed by atoms with Crippen LogP contribution in [0.4, 0.5) is 10.1 Å². The molecule has 0 saturated carbocycles. The molecule has 1 unspecified atom stereocenters. The van der Waals surface area contributed by atoms with E-state index < -0.39 is 0 Å². The molecule has 1 amide bonds. The molecule has 0 bridgehead atoms. The maximum atomic E-state index is 13.5. The monoisotopic (exact) mass is 460 g/mol. The van der Waals surface area contributed by atoms with Gasteiger partial charge in [0.05, 0.1) is 27.4 Å². The summed E-state index contributed by atoms with van der Waals surface area (Å²) in [6.45, 7) is 0. The molecule has 0 fully saturated rings. The Balaban J connectivity index is 0.00000363. The molecule has 0 saturated heterocycles. The van der Waals surface area contributed by atoms with E-state index in [1.807, 2.05) is 30.3 Å². The van der Waals surface area contributed by atoms with E-state index in [4.69, 9.17) is 14.2 Å². The van der Waals surface area contributed by atoms with Crippen LogP contribution in [0, 0.1) is 5.82 Å². The van der Waals surface area contributed by atoms with Gasteiger partial charge in [-0.05, 0) is 29.7 Å². The van der Waals surface area contributed by atoms with E-state index in [0.717, 1.165) is 11.1 Å². The number of halogens is 2. The van der Waals surface area contributed by atoms with Crippen molar-refractivity contribution in [1.82, 2.24) is 5.32 Å². The summed E-state index contributed by atoms with van der Waals surface area (Å²) in [5.41, 5.74) is 6.51. The Morgan fingerprint density at radius 3 is 2.16 bits per heavy atom. The molecule has 0 heterocycles. The molecule has 0 aliphatic carbocycles. The minimum absolute atomic E-state index is 0. The fourth-order valence-corrected chi connectivity index (χ4v) is 3.45. The number of carbonyl (C=O) groups is 1. The highest BCUT2D eigenvalue weighted by molar-refractivity contribution is 6.00. The van der Waals surface area contributed by atoms with Crippen LogP contribution in [0.2, 0.25) is 0 Å². The largest absolute Gasteiger partial charge is 1.00 e. The van der Waals surface area contributed by atoms with Crippen molar-refractivity contribution in [3.05, 3.63) is 83.2 Å². The maximum absolute atomic E-state index is 13.5. The molecule has 0 aliphatic rings. The summed E-state index contributed by atoms with van der Waals surface area (Å²) in [7, 11) is 4.45. The van der Waals surface area contributed by atoms with Gasteiger partial charge < -0.3 is 37.7 Å². The summed E-state index contributed by atoms with van der Waals surface area (Å²) in [5, 5.41) is 3.05. The van der Waals surface area contributed by atoms with Crippen molar-refractivity contribution in [2.24, 2.45) is 0 Å². The number of ether oxygens (including phenoxy) is 3. The number of nitrogens with one attached hydrogen (secondary N) is 1. The Morgan fingerprint density at radius 1 is 0.969 bits per heavy atom. The number of hydrogen-bond donors (Lipinski definition) is 2. The van der Waals surface area contributed by atoms with Crippen molar-refractivity contribution in [3.8, 4) is 17.2 Å². The molecule has 8 heteroatoms. The lowest BCUT2D eigenvalue weighted by Gasteiger charge is -2.21. The summed E-state index contributed by atoms with van der Waals surface area (Å²) >= 11 is 0. The van der Waals surface area contributed by atoms with Crippen LogP contribution in [0.1, 0.15) is 27.5 Å². The Labute approximate surface area is 192 Å². The second kappa shape index (κ2) is 11.4. The number of benzene rings is 3. The minimum Gasteiger partial charge on any atom is -1.00 e. The van der Waals surface area contributed by atoms with Crippen LogP contribution in [-0.4, -0.2) is 27.2 Å². The van der Waals surface area contributed by atoms with E-state index in [-0.39, 0.29) is 30.2 Å². The van der Waals surface area contributed by atoms with Gasteiger partial charge >= 0.3 is 0 Å². The van der Waals surface area contributed by atoms with Gasteiger partial charge in [-0.1, -0.05) is 42.5 Å². The predicted molar refractivity (Wildman–Crippen MR) is 115 cm³/mol. The van der Waals surface area contributed by atoms with Gasteiger partial charge in [0.15, 0.2) is 11.4 Å². The molecule has 0 aliphatic heterocycles. The predicted octanol–water partition coefficient (Wildman–Crippen LogP) is 0.443. The van der Waals surface area contributed by atoms with E-state index in [1.165, 1.54) is 33.5 Å². The highest BCUT2D eigenvalue weighted by atomic mass is 35.5. The van der Waals surface area contributed by atoms with E-state index in [2.05, 4.69) is 11.1 Å². The molecule has 4 N–H and O–H groups in total. The topological polar surface area (TPSA) is 84.4 Å². The van der Waals surface area contributed by atoms with Crippen LogP contribution in [0.3, 0.4) is 0 Å². The van der Waals surface area contributed by atoms with Crippen LogP contribution in [-0.2, 0) is 6.42 Å². The van der Waals surface area contributed by atoms with Crippen LogP contribution in [0.5, 0.6) is 17.2 Å². The number of rotatable bonds is 8. The van der Waals surface area contributed by atoms with E-state index >= 15 is 0 Å². The minimum atomic E-state index is -0.381. The van der Waals surface area contributed by atoms with Gasteiger partial charge in [0.1, 0.15) is 11.4 Å². The van der Waals surface area contributed by atoms with Gasteiger partial charge in [0.25, 0.3) is 5.91 Å². The smallest absolute Gasteiger partial charge is 0.258 e. The molecular formula is C24H26ClFN2O4. The first kappa shape index (κ1) is 25.0. The summed E-state index contributed by atoms with van der Waals surface area (Å²) in [4.78, 5) is 13.3. The molecule has 32 heavy (non-hydrogen) atoms. The Bertz CT molecular complexity index is 1050. The van der Waals surface area contributed by atoms with Crippen molar-refractivity contribution >= 4 is 11.6 Å². The summed E-state index contributed by atoms with van der Waals surface area (Å²) < 4.78 is 29.6. The Hall–Kier alpha value is -3.29. The molecule has 0 radical (unpaired) electrons. The van der Waals surface area contributed by atoms with Gasteiger partial charge in [0.2, 0.25) is 11.5 Å². The third-order valence-corrected chi connectivity index (χ3v) is 5.04. The van der Waals surface area contributed by atoms with E-state index in [0.29, 0.717) is 34.9 Å². The van der Waals surface area contributed by atoms with Crippen molar-refractivity contribution in [2.75, 3.05) is 21.3 Å². The Morgan fingerprint density at radius 2 is 1.59 bits per heavy atom. The average Bonchev–Trinajstić information content (AvgIpc) is 2.79. The molecule has 0 spiro atoms. The zero-order valence-corrected chi connectivity index (χ0v) is 18.9. The Kier molecular flexibility index (Phi) is 8.87. The standard InChI is InChI=1S/C24H25FN2O4.ClH/c1-29-20-14-18(21(26)23(31-3)22(20)30-2)24(28)27-19(13-15-7-5-4-6-8-15)16-9-11-17(25)12-10-16;/h4-12,14,19H,13,26H2,1-3H3,(H,27,28);1H. The number of carbonyl (C=O) groups excluding carboxylic acids is 1. The quantitative estimate of drug-likeness (QED) is 0.511. The van der Waals surface area contributed by atoms with Gasteiger partial charge in [-0.3, -0.25) is 4.79 Å². The number of amides is 1. The highest BCUT2D eigenvalue weighted by Crippen LogP contribution is 2.43. The molecule has 3 aromatic carbocycles. The zero-order valence-electron chi connectivity index (χ0n) is 18.2. The van der Waals surface area contributed by atoms with Gasteiger partial charge in [0, 0.05) is 6.07 Å². The second-order valence-corrected chi connectivity index (χ2v) is 6.94. The summed E-state index contributed by atoms with van der Waals surface area (Å²) in [6.07, 6.45) is 0.537. The fourth-order valence-electron chi connectivity index (χ4n) is 3.45. The van der Waals surface area contributed by atoms with E-state index in [1.54, 1.807) is 18.2 Å². The van der Waals surface area contributed by atoms with Gasteiger partial charge in [-0.15, -0.1) is 0 Å². The fraction of sp³-hybridized carbons (Fsp3) is 0.208. The van der Waals surface area contributed by atoms with Crippen molar-refractivity contribution in [1.29, 1.82) is 0 Å². The third-order valence-electron chi connectivity index (χ3n) is 5.04. The van der Waals surface area contributed by atoms with Gasteiger partial charge in [-0.2, -0.15) is 0 Å². The zero-order chi connectivity index (χ0) is 22.4. The first-order valence-corrected chi connectivity index (χ1v) is 9.73. The lowest BCUT2D eigenvalue weighted by atomic mass is 9.98. The molecule has 1 atom stereocenters. The number of quaternary nitrogens is 1. The first-order chi connectivity index (χ1) is 15.0. The van der Waals surface area contributed by atoms with Crippen molar-refractivity contribution < 1.29 is 41.5 Å². The number of methoxy groups -OCH3 is 3. The molecule has 0 aromatic heterocycles. The van der Waals surface area contributed by atoms with Crippen LogP contribution in [0.25, 0.3) is 0 Å². The van der Waals surface area contributed by atoms with Crippen molar-refractivity contribution in [3.63, 3.8) is 0 Å². The third kappa shape index (κ3) is 5.49. The molecule has 3 aromatic rings. The molecule has 170 valence electrons. The normalized spacial score (nSPS) is 11.2. The summed E-state index contributed by atoms with van der Waals surface area (Å²) in [6, 6.07) is 17.1. The average molecular weight is 461 g/mol. The second-order valence-electron chi connectivity index (χ2n) is 6.94. The first-order valence-electron chi connectivity index (χ1n) is 9.73. The molecular weight excluding hydrogens is 435 g/mol. The maximum Gasteiger partial charge on any atom is 0.258 e. The van der Waals surface area contributed by atoms with Crippen molar-refractivity contribution in [2.45, 2.75) is 12.5 Å². The van der Waals surface area contributed by atoms with Gasteiger partial charge in [-0.25, -0.2) is 4.39 Å². The number of hydrogen-bond acceptors (Lipinski definition) is 4. The lowest BCUT2D eigenvalue weighted by Crippen LogP contribution is -3.00. The molecule has 6 nitrogen and oxygen atoms in total. The highest BCUT2D eigenvalue weighted by Gasteiger charge is 2.27. The summed E-state index contributed by atoms with van der Waals surface area (Å²) in [5.74, 6) is 0.366. The lowest BCUT2D eigenvalue weighted by molar-refractivity contribution is -0.256. The van der Waals surface area contributed by atoms with E-state index in [9.17, 15) is 9.18 Å². The SMILES string of the molecule is COc1cc(C(=O)NC(Cc2ccccc2)c2ccc(F)cc2)c([NH3+])c(OC)c1OC.[Cl-]. The van der Waals surface area contributed by atoms with Crippen LogP contribution in [0.15, 0.2) is 60.7 Å². The van der Waals surface area contributed by atoms with Crippen LogP contribution >= 0.6 is 0 Å².